The molecule has 1 aliphatic heterocycles. The second-order valence-electron chi connectivity index (χ2n) is 5.46. The van der Waals surface area contributed by atoms with E-state index in [2.05, 4.69) is 47.8 Å². The third kappa shape index (κ3) is 4.09. The van der Waals surface area contributed by atoms with Crippen molar-refractivity contribution in [2.45, 2.75) is 12.8 Å². The number of anilines is 1. The second kappa shape index (κ2) is 7.99. The molecule has 0 aliphatic carbocycles. The molecule has 7 heteroatoms. The number of rotatable bonds is 2. The first-order valence-corrected chi connectivity index (χ1v) is 8.51. The Hall–Kier alpha value is -2.59. The van der Waals surface area contributed by atoms with Crippen LogP contribution in [0.15, 0.2) is 51.9 Å². The Balaban J connectivity index is 1.67. The summed E-state index contributed by atoms with van der Waals surface area (Å²) in [5.74, 6) is 5.96. The van der Waals surface area contributed by atoms with Crippen LogP contribution in [0.1, 0.15) is 18.4 Å². The van der Waals surface area contributed by atoms with Crippen LogP contribution < -0.4 is 4.90 Å². The largest absolute Gasteiger partial charge is 0.354 e. The van der Waals surface area contributed by atoms with Crippen LogP contribution in [0.4, 0.5) is 15.9 Å². The molecule has 0 spiro atoms. The minimum atomic E-state index is -0.567. The number of allylic oxidation sites excluding steroid dienone is 1. The van der Waals surface area contributed by atoms with Gasteiger partial charge in [-0.25, -0.2) is 9.97 Å². The summed E-state index contributed by atoms with van der Waals surface area (Å²) in [6, 6.07) is 5.03. The molecule has 5 nitrogen and oxygen atoms in total. The van der Waals surface area contributed by atoms with Crippen molar-refractivity contribution in [3.8, 4) is 11.8 Å². The number of hydrogen-bond donors (Lipinski definition) is 0. The molecule has 2 aromatic rings. The smallest absolute Gasteiger partial charge is 0.228 e. The monoisotopic (exact) mass is 400 g/mol. The third-order valence-electron chi connectivity index (χ3n) is 3.90. The van der Waals surface area contributed by atoms with Crippen LogP contribution in [-0.4, -0.2) is 23.1 Å². The lowest BCUT2D eigenvalue weighted by atomic mass is 10.0. The Morgan fingerprint density at radius 2 is 2.04 bits per heavy atom. The van der Waals surface area contributed by atoms with Crippen LogP contribution in [-0.2, 0) is 0 Å². The zero-order valence-electron chi connectivity index (χ0n) is 13.2. The van der Waals surface area contributed by atoms with Gasteiger partial charge >= 0.3 is 0 Å². The highest BCUT2D eigenvalue weighted by Crippen LogP contribution is 2.29. The highest BCUT2D eigenvalue weighted by molar-refractivity contribution is 9.10. The number of aromatic nitrogens is 2. The van der Waals surface area contributed by atoms with Crippen molar-refractivity contribution < 1.29 is 4.39 Å². The Kier molecular flexibility index (Phi) is 5.51. The summed E-state index contributed by atoms with van der Waals surface area (Å²) in [5.41, 5.74) is 2.14. The van der Waals surface area contributed by atoms with Gasteiger partial charge in [-0.15, -0.1) is 4.91 Å². The van der Waals surface area contributed by atoms with Crippen LogP contribution in [0.5, 0.6) is 0 Å². The zero-order valence-corrected chi connectivity index (χ0v) is 14.8. The van der Waals surface area contributed by atoms with Gasteiger partial charge in [0.25, 0.3) is 0 Å². The molecule has 2 aromatic heterocycles. The molecule has 25 heavy (non-hydrogen) atoms. The van der Waals surface area contributed by atoms with Gasteiger partial charge in [-0.05, 0) is 58.2 Å². The first-order valence-electron chi connectivity index (χ1n) is 7.72. The van der Waals surface area contributed by atoms with Crippen molar-refractivity contribution in [3.05, 3.63) is 63.1 Å². The Labute approximate surface area is 153 Å². The van der Waals surface area contributed by atoms with Crippen molar-refractivity contribution in [2.24, 2.45) is 5.18 Å². The van der Waals surface area contributed by atoms with Gasteiger partial charge in [-0.1, -0.05) is 17.4 Å². The summed E-state index contributed by atoms with van der Waals surface area (Å²) in [5, 5.41) is 3.03. The number of hydrogen-bond acceptors (Lipinski definition) is 5. The fourth-order valence-corrected chi connectivity index (χ4v) is 2.92. The van der Waals surface area contributed by atoms with E-state index in [1.807, 2.05) is 6.08 Å². The lowest BCUT2D eigenvalue weighted by Gasteiger charge is -2.29. The summed E-state index contributed by atoms with van der Waals surface area (Å²) in [6.45, 7) is 1.50. The number of halogens is 2. The van der Waals surface area contributed by atoms with Gasteiger partial charge in [0.05, 0.1) is 4.47 Å². The first-order chi connectivity index (χ1) is 12.2. The molecule has 1 saturated heterocycles. The van der Waals surface area contributed by atoms with Crippen LogP contribution in [0.2, 0.25) is 0 Å². The van der Waals surface area contributed by atoms with Gasteiger partial charge in [-0.2, -0.15) is 4.39 Å². The SMILES string of the molecule is O=Nc1cccnc1N1CCC(=CC#Cc2ccnc(F)c2Br)CC1. The Morgan fingerprint density at radius 1 is 1.24 bits per heavy atom. The van der Waals surface area contributed by atoms with Crippen molar-refractivity contribution in [1.82, 2.24) is 9.97 Å². The Morgan fingerprint density at radius 3 is 2.80 bits per heavy atom. The molecule has 0 radical (unpaired) electrons. The van der Waals surface area contributed by atoms with Crippen molar-refractivity contribution >= 4 is 27.4 Å². The molecule has 0 amide bonds. The van der Waals surface area contributed by atoms with E-state index in [-0.39, 0.29) is 4.47 Å². The molecule has 0 atom stereocenters. The summed E-state index contributed by atoms with van der Waals surface area (Å²) < 4.78 is 13.6. The van der Waals surface area contributed by atoms with Crippen molar-refractivity contribution in [2.75, 3.05) is 18.0 Å². The van der Waals surface area contributed by atoms with Crippen molar-refractivity contribution in [3.63, 3.8) is 0 Å². The number of pyridine rings is 2. The molecule has 0 N–H and O–H groups in total. The highest BCUT2D eigenvalue weighted by atomic mass is 79.9. The van der Waals surface area contributed by atoms with E-state index in [0.717, 1.165) is 25.9 Å². The summed E-state index contributed by atoms with van der Waals surface area (Å²) >= 11 is 3.14. The molecule has 1 fully saturated rings. The fourth-order valence-electron chi connectivity index (χ4n) is 2.58. The topological polar surface area (TPSA) is 58.5 Å². The molecular formula is C18H14BrFN4O. The molecule has 3 rings (SSSR count). The molecule has 0 saturated carbocycles. The summed E-state index contributed by atoms with van der Waals surface area (Å²) in [4.78, 5) is 20.7. The van der Waals surface area contributed by atoms with Gasteiger partial charge < -0.3 is 4.90 Å². The second-order valence-corrected chi connectivity index (χ2v) is 6.25. The van der Waals surface area contributed by atoms with E-state index >= 15 is 0 Å². The van der Waals surface area contributed by atoms with E-state index < -0.39 is 5.95 Å². The summed E-state index contributed by atoms with van der Waals surface area (Å²) in [7, 11) is 0. The molecule has 0 bridgehead atoms. The molecular weight excluding hydrogens is 387 g/mol. The quantitative estimate of drug-likeness (QED) is 0.427. The minimum Gasteiger partial charge on any atom is -0.354 e. The third-order valence-corrected chi connectivity index (χ3v) is 4.65. The molecule has 1 aliphatic rings. The predicted molar refractivity (Wildman–Crippen MR) is 98.0 cm³/mol. The normalized spacial score (nSPS) is 13.8. The standard InChI is InChI=1S/C18H14BrFN4O/c19-16-14(6-10-21-17(16)20)4-1-3-13-7-11-24(12-8-13)18-15(23-25)5-2-9-22-18/h2-3,5-6,9-10H,7-8,11-12H2. The van der Waals surface area contributed by atoms with Crippen LogP contribution in [0.25, 0.3) is 0 Å². The molecule has 0 aromatic carbocycles. The van der Waals surface area contributed by atoms with E-state index in [1.54, 1.807) is 24.4 Å². The molecule has 3 heterocycles. The van der Waals surface area contributed by atoms with E-state index in [9.17, 15) is 9.30 Å². The van der Waals surface area contributed by atoms with Gasteiger partial charge in [0.1, 0.15) is 5.69 Å². The van der Waals surface area contributed by atoms with Crippen LogP contribution in [0, 0.1) is 22.7 Å². The Bertz CT molecular complexity index is 878. The zero-order chi connectivity index (χ0) is 17.6. The van der Waals surface area contributed by atoms with Crippen molar-refractivity contribution in [1.29, 1.82) is 0 Å². The van der Waals surface area contributed by atoms with Crippen LogP contribution in [0.3, 0.4) is 0 Å². The average molecular weight is 401 g/mol. The van der Waals surface area contributed by atoms with Gasteiger partial charge in [0.2, 0.25) is 5.95 Å². The molecule has 0 unspecified atom stereocenters. The van der Waals surface area contributed by atoms with E-state index in [1.165, 1.54) is 11.8 Å². The summed E-state index contributed by atoms with van der Waals surface area (Å²) in [6.07, 6.45) is 6.58. The first kappa shape index (κ1) is 17.2. The van der Waals surface area contributed by atoms with Gasteiger partial charge in [-0.3, -0.25) is 0 Å². The lowest BCUT2D eigenvalue weighted by Crippen LogP contribution is -2.31. The lowest BCUT2D eigenvalue weighted by molar-refractivity contribution is 0.576. The fraction of sp³-hybridized carbons (Fsp3) is 0.222. The highest BCUT2D eigenvalue weighted by Gasteiger charge is 2.18. The maximum absolute atomic E-state index is 13.3. The average Bonchev–Trinajstić information content (AvgIpc) is 2.66. The van der Waals surface area contributed by atoms with Gasteiger partial charge in [0, 0.05) is 31.0 Å². The van der Waals surface area contributed by atoms with E-state index in [4.69, 9.17) is 0 Å². The number of piperidine rings is 1. The molecule has 126 valence electrons. The predicted octanol–water partition coefficient (Wildman–Crippen LogP) is 4.35. The maximum Gasteiger partial charge on any atom is 0.228 e. The number of nitrogens with zero attached hydrogens (tertiary/aromatic N) is 4. The minimum absolute atomic E-state index is 0.278. The van der Waals surface area contributed by atoms with E-state index in [0.29, 0.717) is 17.1 Å². The number of nitroso groups, excluding NO2 is 1. The van der Waals surface area contributed by atoms with Crippen LogP contribution >= 0.6 is 15.9 Å². The van der Waals surface area contributed by atoms with Gasteiger partial charge in [0.15, 0.2) is 5.82 Å². The maximum atomic E-state index is 13.3.